The first-order valence-corrected chi connectivity index (χ1v) is 9.65. The van der Waals surface area contributed by atoms with Crippen molar-refractivity contribution in [1.82, 2.24) is 29.7 Å². The molecule has 0 saturated carbocycles. The van der Waals surface area contributed by atoms with Crippen molar-refractivity contribution in [1.29, 1.82) is 0 Å². The van der Waals surface area contributed by atoms with Crippen molar-refractivity contribution in [2.45, 2.75) is 38.0 Å². The van der Waals surface area contributed by atoms with E-state index in [9.17, 15) is 4.79 Å². The molecule has 1 aliphatic carbocycles. The molecule has 5 rings (SSSR count). The van der Waals surface area contributed by atoms with E-state index in [1.165, 1.54) is 29.0 Å². The summed E-state index contributed by atoms with van der Waals surface area (Å²) < 4.78 is 1.92. The lowest BCUT2D eigenvalue weighted by Gasteiger charge is -2.30. The lowest BCUT2D eigenvalue weighted by molar-refractivity contribution is 0.0705. The second kappa shape index (κ2) is 5.87. The number of hydrogen-bond acceptors (Lipinski definition) is 6. The zero-order valence-corrected chi connectivity index (χ0v) is 14.6. The molecule has 128 valence electrons. The predicted molar refractivity (Wildman–Crippen MR) is 92.8 cm³/mol. The van der Waals surface area contributed by atoms with Gasteiger partial charge in [-0.15, -0.1) is 21.5 Å². The van der Waals surface area contributed by atoms with Gasteiger partial charge in [-0.05, 0) is 43.7 Å². The highest BCUT2D eigenvalue weighted by Gasteiger charge is 2.29. The van der Waals surface area contributed by atoms with Gasteiger partial charge in [-0.1, -0.05) is 0 Å². The van der Waals surface area contributed by atoms with E-state index in [1.54, 1.807) is 5.51 Å². The molecule has 25 heavy (non-hydrogen) atoms. The van der Waals surface area contributed by atoms with Crippen LogP contribution in [0, 0.1) is 0 Å². The average molecular weight is 354 g/mol. The molecular formula is C17H18N6OS. The van der Waals surface area contributed by atoms with Gasteiger partial charge in [0.1, 0.15) is 5.69 Å². The zero-order valence-electron chi connectivity index (χ0n) is 13.8. The van der Waals surface area contributed by atoms with Gasteiger partial charge >= 0.3 is 0 Å². The van der Waals surface area contributed by atoms with Crippen LogP contribution < -0.4 is 0 Å². The highest BCUT2D eigenvalue weighted by Crippen LogP contribution is 2.29. The Morgan fingerprint density at radius 3 is 2.88 bits per heavy atom. The van der Waals surface area contributed by atoms with Gasteiger partial charge in [-0.3, -0.25) is 4.79 Å². The summed E-state index contributed by atoms with van der Waals surface area (Å²) in [6.07, 6.45) is 5.09. The summed E-state index contributed by atoms with van der Waals surface area (Å²) in [4.78, 5) is 18.4. The number of fused-ring (bicyclic) bond motifs is 2. The number of nitrogens with zero attached hydrogens (tertiary/aromatic N) is 6. The molecule has 0 aromatic carbocycles. The number of aryl methyl sites for hydroxylation is 2. The number of amides is 1. The quantitative estimate of drug-likeness (QED) is 0.704. The van der Waals surface area contributed by atoms with E-state index < -0.39 is 0 Å². The van der Waals surface area contributed by atoms with Crippen LogP contribution in [0.3, 0.4) is 0 Å². The van der Waals surface area contributed by atoms with Gasteiger partial charge in [0.15, 0.2) is 11.5 Å². The van der Waals surface area contributed by atoms with E-state index in [2.05, 4.69) is 21.2 Å². The SMILES string of the molecule is O=C(c1cscn1)N1CCC(c2nnc3cc4c(nn23)CCC4)CC1. The van der Waals surface area contributed by atoms with Crippen molar-refractivity contribution in [3.63, 3.8) is 0 Å². The molecule has 0 unspecified atom stereocenters. The molecule has 1 fully saturated rings. The van der Waals surface area contributed by atoms with Gasteiger partial charge in [0.25, 0.3) is 5.91 Å². The summed E-state index contributed by atoms with van der Waals surface area (Å²) in [6, 6.07) is 2.13. The van der Waals surface area contributed by atoms with Gasteiger partial charge in [-0.25, -0.2) is 4.98 Å². The maximum atomic E-state index is 12.4. The monoisotopic (exact) mass is 354 g/mol. The van der Waals surface area contributed by atoms with Crippen LogP contribution in [0.2, 0.25) is 0 Å². The second-order valence-electron chi connectivity index (χ2n) is 6.74. The molecule has 8 heteroatoms. The largest absolute Gasteiger partial charge is 0.337 e. The highest BCUT2D eigenvalue weighted by molar-refractivity contribution is 7.07. The maximum absolute atomic E-state index is 12.4. The Kier molecular flexibility index (Phi) is 3.51. The standard InChI is InChI=1S/C17H18N6OS/c24-17(14-9-25-10-18-14)22-6-4-11(5-7-22)16-20-19-15-8-12-2-1-3-13(12)21-23(15)16/h8-11H,1-7H2. The third kappa shape index (κ3) is 2.52. The van der Waals surface area contributed by atoms with E-state index in [-0.39, 0.29) is 5.91 Å². The number of hydrogen-bond donors (Lipinski definition) is 0. The third-order valence-electron chi connectivity index (χ3n) is 5.24. The third-order valence-corrected chi connectivity index (χ3v) is 5.83. The highest BCUT2D eigenvalue weighted by atomic mass is 32.1. The maximum Gasteiger partial charge on any atom is 0.273 e. The average Bonchev–Trinajstić information content (AvgIpc) is 3.39. The first-order chi connectivity index (χ1) is 12.3. The fourth-order valence-corrected chi connectivity index (χ4v) is 4.40. The first-order valence-electron chi connectivity index (χ1n) is 8.71. The van der Waals surface area contributed by atoms with Crippen LogP contribution >= 0.6 is 11.3 Å². The van der Waals surface area contributed by atoms with Crippen LogP contribution in [-0.4, -0.2) is 48.7 Å². The first kappa shape index (κ1) is 14.9. The smallest absolute Gasteiger partial charge is 0.273 e. The summed E-state index contributed by atoms with van der Waals surface area (Å²) in [7, 11) is 0. The van der Waals surface area contributed by atoms with Gasteiger partial charge in [0.05, 0.1) is 11.2 Å². The number of rotatable bonds is 2. The van der Waals surface area contributed by atoms with Crippen molar-refractivity contribution in [2.75, 3.05) is 13.1 Å². The van der Waals surface area contributed by atoms with Gasteiger partial charge in [0, 0.05) is 24.4 Å². The lowest BCUT2D eigenvalue weighted by atomic mass is 9.96. The van der Waals surface area contributed by atoms with Crippen LogP contribution in [0.1, 0.15) is 52.8 Å². The van der Waals surface area contributed by atoms with Crippen molar-refractivity contribution < 1.29 is 4.79 Å². The number of carbonyl (C=O) groups is 1. The topological polar surface area (TPSA) is 76.3 Å². The second-order valence-corrected chi connectivity index (χ2v) is 7.46. The van der Waals surface area contributed by atoms with Crippen LogP contribution in [-0.2, 0) is 12.8 Å². The van der Waals surface area contributed by atoms with Crippen LogP contribution in [0.5, 0.6) is 0 Å². The Balaban J connectivity index is 1.36. The Morgan fingerprint density at radius 2 is 2.08 bits per heavy atom. The Hall–Kier alpha value is -2.35. The van der Waals surface area contributed by atoms with E-state index in [0.29, 0.717) is 11.6 Å². The molecule has 1 aliphatic heterocycles. The minimum absolute atomic E-state index is 0.0294. The van der Waals surface area contributed by atoms with E-state index >= 15 is 0 Å². The Morgan fingerprint density at radius 1 is 1.20 bits per heavy atom. The summed E-state index contributed by atoms with van der Waals surface area (Å²) in [6.45, 7) is 1.45. The fourth-order valence-electron chi connectivity index (χ4n) is 3.87. The Labute approximate surface area is 148 Å². The minimum Gasteiger partial charge on any atom is -0.337 e. The molecular weight excluding hydrogens is 336 g/mol. The van der Waals surface area contributed by atoms with Crippen LogP contribution in [0.25, 0.3) is 5.65 Å². The normalized spacial score (nSPS) is 18.0. The molecule has 2 aliphatic rings. The van der Waals surface area contributed by atoms with Crippen LogP contribution in [0.4, 0.5) is 0 Å². The number of carbonyl (C=O) groups excluding carboxylic acids is 1. The fraction of sp³-hybridized carbons (Fsp3) is 0.471. The Bertz CT molecular complexity index is 926. The minimum atomic E-state index is 0.0294. The molecule has 0 N–H and O–H groups in total. The van der Waals surface area contributed by atoms with Crippen molar-refractivity contribution in [3.8, 4) is 0 Å². The zero-order chi connectivity index (χ0) is 16.8. The molecule has 0 atom stereocenters. The molecule has 0 radical (unpaired) electrons. The van der Waals surface area contributed by atoms with Gasteiger partial charge in [-0.2, -0.15) is 9.61 Å². The summed E-state index contributed by atoms with van der Waals surface area (Å²) in [5.74, 6) is 1.26. The summed E-state index contributed by atoms with van der Waals surface area (Å²) in [5, 5.41) is 15.3. The molecule has 1 saturated heterocycles. The van der Waals surface area contributed by atoms with E-state index in [4.69, 9.17) is 5.10 Å². The van der Waals surface area contributed by atoms with Crippen molar-refractivity contribution >= 4 is 22.9 Å². The molecule has 3 aromatic heterocycles. The van der Waals surface area contributed by atoms with Gasteiger partial charge in [0.2, 0.25) is 0 Å². The number of likely N-dealkylation sites (tertiary alicyclic amines) is 1. The molecule has 0 spiro atoms. The molecule has 0 bridgehead atoms. The summed E-state index contributed by atoms with van der Waals surface area (Å²) in [5.41, 5.74) is 5.59. The number of thiazole rings is 1. The van der Waals surface area contributed by atoms with Crippen molar-refractivity contribution in [2.24, 2.45) is 0 Å². The molecule has 1 amide bonds. The number of aromatic nitrogens is 5. The predicted octanol–water partition coefficient (Wildman–Crippen LogP) is 2.09. The number of piperidine rings is 1. The van der Waals surface area contributed by atoms with Crippen molar-refractivity contribution in [3.05, 3.63) is 39.7 Å². The molecule has 7 nitrogen and oxygen atoms in total. The van der Waals surface area contributed by atoms with Gasteiger partial charge < -0.3 is 4.90 Å². The summed E-state index contributed by atoms with van der Waals surface area (Å²) >= 11 is 1.45. The van der Waals surface area contributed by atoms with Crippen LogP contribution in [0.15, 0.2) is 17.0 Å². The molecule has 4 heterocycles. The van der Waals surface area contributed by atoms with E-state index in [0.717, 1.165) is 50.2 Å². The lowest BCUT2D eigenvalue weighted by Crippen LogP contribution is -2.38. The van der Waals surface area contributed by atoms with E-state index in [1.807, 2.05) is 14.8 Å². The molecule has 3 aromatic rings.